The van der Waals surface area contributed by atoms with E-state index in [9.17, 15) is 0 Å². The van der Waals surface area contributed by atoms with Gasteiger partial charge in [0.2, 0.25) is 0 Å². The molecule has 1 aromatic rings. The summed E-state index contributed by atoms with van der Waals surface area (Å²) in [5.74, 6) is 0.471. The van der Waals surface area contributed by atoms with Crippen LogP contribution in [0.1, 0.15) is 44.2 Å². The van der Waals surface area contributed by atoms with Gasteiger partial charge in [-0.2, -0.15) is 0 Å². The van der Waals surface area contributed by atoms with E-state index < -0.39 is 0 Å². The predicted molar refractivity (Wildman–Crippen MR) is 83.3 cm³/mol. The van der Waals surface area contributed by atoms with Gasteiger partial charge in [0.15, 0.2) is 5.13 Å². The van der Waals surface area contributed by atoms with Crippen LogP contribution >= 0.6 is 11.3 Å². The Bertz CT molecular complexity index is 366. The summed E-state index contributed by atoms with van der Waals surface area (Å²) in [4.78, 5) is 8.47. The lowest BCUT2D eigenvalue weighted by atomic mass is 10.1. The van der Waals surface area contributed by atoms with E-state index in [1.165, 1.54) is 10.6 Å². The normalized spacial score (nSPS) is 11.3. The molecule has 4 nitrogen and oxygen atoms in total. The number of aromatic nitrogens is 1. The first-order valence-corrected chi connectivity index (χ1v) is 7.92. The summed E-state index contributed by atoms with van der Waals surface area (Å²) in [6.07, 6.45) is 0. The molecule has 5 heteroatoms. The fourth-order valence-electron chi connectivity index (χ4n) is 1.93. The third-order valence-electron chi connectivity index (χ3n) is 2.96. The molecule has 0 radical (unpaired) electrons. The Kier molecular flexibility index (Phi) is 7.34. The van der Waals surface area contributed by atoms with E-state index in [0.29, 0.717) is 5.92 Å². The molecule has 0 amide bonds. The average Bonchev–Trinajstić information content (AvgIpc) is 2.79. The van der Waals surface area contributed by atoms with Crippen molar-refractivity contribution in [2.75, 3.05) is 38.3 Å². The van der Waals surface area contributed by atoms with Crippen LogP contribution in [0.15, 0.2) is 0 Å². The van der Waals surface area contributed by atoms with Crippen molar-refractivity contribution in [1.82, 2.24) is 10.3 Å². The monoisotopic (exact) mass is 285 g/mol. The van der Waals surface area contributed by atoms with Gasteiger partial charge in [-0.15, -0.1) is 11.3 Å². The Morgan fingerprint density at radius 1 is 1.37 bits per heavy atom. The molecule has 1 N–H and O–H groups in total. The van der Waals surface area contributed by atoms with E-state index in [2.05, 4.69) is 31.0 Å². The highest BCUT2D eigenvalue weighted by Crippen LogP contribution is 2.30. The summed E-state index contributed by atoms with van der Waals surface area (Å²) in [5, 5.41) is 4.35. The number of thiazole rings is 1. The van der Waals surface area contributed by atoms with Gasteiger partial charge in [0.25, 0.3) is 0 Å². The summed E-state index contributed by atoms with van der Waals surface area (Å²) in [5.41, 5.74) is 1.23. The Morgan fingerprint density at radius 2 is 2.11 bits per heavy atom. The summed E-state index contributed by atoms with van der Waals surface area (Å²) in [7, 11) is 1.98. The Labute approximate surface area is 121 Å². The second-order valence-electron chi connectivity index (χ2n) is 4.77. The molecule has 0 fully saturated rings. The lowest BCUT2D eigenvalue weighted by molar-refractivity contribution is 0.154. The highest BCUT2D eigenvalue weighted by atomic mass is 32.1. The van der Waals surface area contributed by atoms with Gasteiger partial charge in [-0.1, -0.05) is 13.8 Å². The van der Waals surface area contributed by atoms with Crippen molar-refractivity contribution in [1.29, 1.82) is 0 Å². The molecule has 1 aromatic heterocycles. The maximum Gasteiger partial charge on any atom is 0.185 e. The second-order valence-corrected chi connectivity index (χ2v) is 5.83. The minimum atomic E-state index is 0.471. The van der Waals surface area contributed by atoms with Crippen LogP contribution in [0.3, 0.4) is 0 Å². The summed E-state index contributed by atoms with van der Waals surface area (Å²) in [6, 6.07) is 0. The average molecular weight is 285 g/mol. The zero-order valence-corrected chi connectivity index (χ0v) is 13.6. The lowest BCUT2D eigenvalue weighted by Gasteiger charge is -2.19. The number of rotatable bonds is 9. The van der Waals surface area contributed by atoms with Crippen LogP contribution in [0.5, 0.6) is 0 Å². The third-order valence-corrected chi connectivity index (χ3v) is 4.09. The van der Waals surface area contributed by atoms with Crippen molar-refractivity contribution in [2.24, 2.45) is 0 Å². The molecule has 0 atom stereocenters. The molecule has 1 rings (SSSR count). The molecular weight excluding hydrogens is 258 g/mol. The molecule has 0 saturated carbocycles. The van der Waals surface area contributed by atoms with Crippen LogP contribution in [0, 0.1) is 0 Å². The second kappa shape index (κ2) is 8.51. The Balaban J connectivity index is 2.82. The first-order chi connectivity index (χ1) is 9.13. The minimum absolute atomic E-state index is 0.471. The molecule has 0 spiro atoms. The number of nitrogens with one attached hydrogen (secondary N) is 1. The van der Waals surface area contributed by atoms with E-state index >= 15 is 0 Å². The maximum absolute atomic E-state index is 5.44. The minimum Gasteiger partial charge on any atom is -0.380 e. The SMILES string of the molecule is CCOCCN(CC)c1nc(C(C)C)c(CNC)s1. The highest BCUT2D eigenvalue weighted by Gasteiger charge is 2.16. The van der Waals surface area contributed by atoms with Crippen molar-refractivity contribution < 1.29 is 4.74 Å². The van der Waals surface area contributed by atoms with E-state index in [-0.39, 0.29) is 0 Å². The lowest BCUT2D eigenvalue weighted by Crippen LogP contribution is -2.27. The Hall–Kier alpha value is -0.650. The van der Waals surface area contributed by atoms with Crippen LogP contribution in [-0.2, 0) is 11.3 Å². The molecule has 1 heterocycles. The largest absolute Gasteiger partial charge is 0.380 e. The van der Waals surface area contributed by atoms with E-state index in [4.69, 9.17) is 9.72 Å². The maximum atomic E-state index is 5.44. The predicted octanol–water partition coefficient (Wildman–Crippen LogP) is 2.85. The van der Waals surface area contributed by atoms with Gasteiger partial charge < -0.3 is 15.0 Å². The van der Waals surface area contributed by atoms with E-state index in [1.54, 1.807) is 11.3 Å². The topological polar surface area (TPSA) is 37.4 Å². The summed E-state index contributed by atoms with van der Waals surface area (Å²) in [6.45, 7) is 12.9. The molecule has 0 aliphatic heterocycles. The number of likely N-dealkylation sites (N-methyl/N-ethyl adjacent to an activating group) is 1. The van der Waals surface area contributed by atoms with Gasteiger partial charge in [-0.3, -0.25) is 0 Å². The third kappa shape index (κ3) is 4.75. The van der Waals surface area contributed by atoms with Gasteiger partial charge in [0.1, 0.15) is 0 Å². The molecule has 110 valence electrons. The van der Waals surface area contributed by atoms with Gasteiger partial charge in [-0.25, -0.2) is 4.98 Å². The zero-order valence-electron chi connectivity index (χ0n) is 12.8. The fourth-order valence-corrected chi connectivity index (χ4v) is 3.25. The van der Waals surface area contributed by atoms with Gasteiger partial charge >= 0.3 is 0 Å². The molecular formula is C14H27N3OS. The van der Waals surface area contributed by atoms with Gasteiger partial charge in [0.05, 0.1) is 12.3 Å². The number of hydrogen-bond donors (Lipinski definition) is 1. The van der Waals surface area contributed by atoms with Gasteiger partial charge in [0, 0.05) is 31.1 Å². The van der Waals surface area contributed by atoms with Gasteiger partial charge in [-0.05, 0) is 26.8 Å². The standard InChI is InChI=1S/C14H27N3OS/c1-6-17(8-9-18-7-2)14-16-13(11(3)4)12(19-14)10-15-5/h11,15H,6-10H2,1-5H3. The molecule has 0 unspecified atom stereocenters. The zero-order chi connectivity index (χ0) is 14.3. The molecule has 0 aliphatic rings. The fraction of sp³-hybridized carbons (Fsp3) is 0.786. The van der Waals surface area contributed by atoms with E-state index in [1.807, 2.05) is 14.0 Å². The smallest absolute Gasteiger partial charge is 0.185 e. The number of hydrogen-bond acceptors (Lipinski definition) is 5. The van der Waals surface area contributed by atoms with Crippen molar-refractivity contribution in [2.45, 2.75) is 40.2 Å². The van der Waals surface area contributed by atoms with E-state index in [0.717, 1.165) is 38.0 Å². The van der Waals surface area contributed by atoms with Crippen LogP contribution in [-0.4, -0.2) is 38.3 Å². The van der Waals surface area contributed by atoms with Crippen molar-refractivity contribution >= 4 is 16.5 Å². The van der Waals surface area contributed by atoms with Crippen molar-refractivity contribution in [3.05, 3.63) is 10.6 Å². The van der Waals surface area contributed by atoms with Crippen LogP contribution in [0.4, 0.5) is 5.13 Å². The molecule has 0 saturated heterocycles. The number of ether oxygens (including phenoxy) is 1. The first-order valence-electron chi connectivity index (χ1n) is 7.10. The summed E-state index contributed by atoms with van der Waals surface area (Å²) >= 11 is 1.80. The first kappa shape index (κ1) is 16.4. The summed E-state index contributed by atoms with van der Waals surface area (Å²) < 4.78 is 5.44. The number of nitrogens with zero attached hydrogens (tertiary/aromatic N) is 2. The quantitative estimate of drug-likeness (QED) is 0.708. The molecule has 19 heavy (non-hydrogen) atoms. The highest BCUT2D eigenvalue weighted by molar-refractivity contribution is 7.15. The van der Waals surface area contributed by atoms with Crippen LogP contribution in [0.25, 0.3) is 0 Å². The number of anilines is 1. The molecule has 0 aromatic carbocycles. The molecule has 0 aliphatic carbocycles. The van der Waals surface area contributed by atoms with Crippen LogP contribution < -0.4 is 10.2 Å². The van der Waals surface area contributed by atoms with Crippen molar-refractivity contribution in [3.8, 4) is 0 Å². The Morgan fingerprint density at radius 3 is 2.63 bits per heavy atom. The van der Waals surface area contributed by atoms with Crippen LogP contribution in [0.2, 0.25) is 0 Å². The van der Waals surface area contributed by atoms with Crippen molar-refractivity contribution in [3.63, 3.8) is 0 Å². The molecule has 0 bridgehead atoms.